The van der Waals surface area contributed by atoms with Crippen molar-refractivity contribution >= 4 is 41.2 Å². The third-order valence-electron chi connectivity index (χ3n) is 7.58. The van der Waals surface area contributed by atoms with Crippen LogP contribution in [0.2, 0.25) is 10.0 Å². The lowest BCUT2D eigenvalue weighted by Crippen LogP contribution is -2.40. The van der Waals surface area contributed by atoms with Crippen LogP contribution in [0.25, 0.3) is 5.69 Å². The molecule has 1 aromatic heterocycles. The predicted octanol–water partition coefficient (Wildman–Crippen LogP) is 4.79. The lowest BCUT2D eigenvalue weighted by atomic mass is 9.63. The minimum absolute atomic E-state index is 0.144. The van der Waals surface area contributed by atoms with Crippen molar-refractivity contribution in [2.75, 3.05) is 0 Å². The number of aromatic nitrogens is 1. The van der Waals surface area contributed by atoms with Gasteiger partial charge in [0.25, 0.3) is 11.8 Å². The Morgan fingerprint density at radius 1 is 0.968 bits per heavy atom. The van der Waals surface area contributed by atoms with Gasteiger partial charge in [0, 0.05) is 22.6 Å². The molecule has 158 valence electrons. The van der Waals surface area contributed by atoms with E-state index in [9.17, 15) is 9.59 Å². The number of hydrogen-bond acceptors (Lipinski definition) is 3. The number of amides is 2. The summed E-state index contributed by atoms with van der Waals surface area (Å²) >= 11 is 12.3. The molecule has 2 saturated carbocycles. The van der Waals surface area contributed by atoms with Gasteiger partial charge in [-0.2, -0.15) is 10.1 Å². The van der Waals surface area contributed by atoms with Crippen molar-refractivity contribution in [3.05, 3.63) is 63.4 Å². The summed E-state index contributed by atoms with van der Waals surface area (Å²) in [4.78, 5) is 26.2. The number of hydrogen-bond donors (Lipinski definition) is 0. The van der Waals surface area contributed by atoms with E-state index in [4.69, 9.17) is 23.2 Å². The molecule has 3 fully saturated rings. The van der Waals surface area contributed by atoms with Crippen LogP contribution in [0.5, 0.6) is 0 Å². The molecule has 2 heterocycles. The maximum atomic E-state index is 13.1. The molecule has 0 N–H and O–H groups in total. The van der Waals surface area contributed by atoms with Gasteiger partial charge in [-0.05, 0) is 68.2 Å². The Kier molecular flexibility index (Phi) is 4.09. The number of halogens is 2. The maximum absolute atomic E-state index is 13.1. The molecule has 2 bridgehead atoms. The smallest absolute Gasteiger partial charge is 0.254 e. The highest BCUT2D eigenvalue weighted by atomic mass is 35.5. The van der Waals surface area contributed by atoms with E-state index in [2.05, 4.69) is 21.8 Å². The third kappa shape index (κ3) is 2.66. The normalized spacial score (nSPS) is 32.8. The van der Waals surface area contributed by atoms with E-state index >= 15 is 0 Å². The Morgan fingerprint density at radius 3 is 2.23 bits per heavy atom. The molecule has 2 amide bonds. The number of carbonyl (C=O) groups excluding carboxylic acids is 2. The van der Waals surface area contributed by atoms with Crippen molar-refractivity contribution in [1.82, 2.24) is 9.58 Å². The number of benzene rings is 1. The summed E-state index contributed by atoms with van der Waals surface area (Å²) in [6.07, 6.45) is 7.12. The average molecular weight is 454 g/mol. The standard InChI is InChI=1S/C24H21Cl2N3O2/c1-11-7-13(12(2)28(11)14-3-6-19(25)20(26)8-14)10-27-29-23(30)21-15-4-5-16(18-9-17(15)18)22(21)24(29)31/h3-8,10,15-18,21-22H,9H2,1-2H3/b27-10-/t15-,16-,17-,18-,21-,22+/m0/s1. The topological polar surface area (TPSA) is 54.7 Å². The molecule has 2 aromatic rings. The highest BCUT2D eigenvalue weighted by Gasteiger charge is 2.67. The minimum atomic E-state index is -0.230. The molecule has 7 rings (SSSR count). The van der Waals surface area contributed by atoms with Crippen LogP contribution in [0.15, 0.2) is 41.5 Å². The zero-order valence-corrected chi connectivity index (χ0v) is 18.6. The summed E-state index contributed by atoms with van der Waals surface area (Å²) in [7, 11) is 0. The van der Waals surface area contributed by atoms with Crippen LogP contribution in [-0.4, -0.2) is 27.6 Å². The second-order valence-electron chi connectivity index (χ2n) is 9.15. The summed E-state index contributed by atoms with van der Waals surface area (Å²) in [5, 5.41) is 6.49. The Hall–Kier alpha value is -2.37. The van der Waals surface area contributed by atoms with E-state index in [0.717, 1.165) is 34.1 Å². The number of hydrazone groups is 1. The van der Waals surface area contributed by atoms with Gasteiger partial charge in [-0.1, -0.05) is 35.4 Å². The fourth-order valence-electron chi connectivity index (χ4n) is 6.11. The maximum Gasteiger partial charge on any atom is 0.254 e. The van der Waals surface area contributed by atoms with Crippen molar-refractivity contribution in [2.45, 2.75) is 20.3 Å². The van der Waals surface area contributed by atoms with E-state index < -0.39 is 0 Å². The van der Waals surface area contributed by atoms with Crippen LogP contribution in [0, 0.1) is 49.4 Å². The lowest BCUT2D eigenvalue weighted by Gasteiger charge is -2.37. The van der Waals surface area contributed by atoms with Gasteiger partial charge >= 0.3 is 0 Å². The van der Waals surface area contributed by atoms with Crippen molar-refractivity contribution in [1.29, 1.82) is 0 Å². The second kappa shape index (κ2) is 6.57. The number of aryl methyl sites for hydroxylation is 1. The third-order valence-corrected chi connectivity index (χ3v) is 8.32. The first-order valence-corrected chi connectivity index (χ1v) is 11.4. The van der Waals surface area contributed by atoms with E-state index in [1.807, 2.05) is 32.0 Å². The van der Waals surface area contributed by atoms with Crippen LogP contribution in [0.1, 0.15) is 23.4 Å². The van der Waals surface area contributed by atoms with Crippen LogP contribution in [0.4, 0.5) is 0 Å². The largest absolute Gasteiger partial charge is 0.318 e. The minimum Gasteiger partial charge on any atom is -0.318 e. The summed E-state index contributed by atoms with van der Waals surface area (Å²) < 4.78 is 2.05. The predicted molar refractivity (Wildman–Crippen MR) is 119 cm³/mol. The van der Waals surface area contributed by atoms with E-state index in [1.54, 1.807) is 12.3 Å². The van der Waals surface area contributed by atoms with Gasteiger partial charge in [-0.25, -0.2) is 0 Å². The zero-order valence-electron chi connectivity index (χ0n) is 17.1. The monoisotopic (exact) mass is 453 g/mol. The van der Waals surface area contributed by atoms with E-state index in [-0.39, 0.29) is 35.5 Å². The second-order valence-corrected chi connectivity index (χ2v) is 9.96. The summed E-state index contributed by atoms with van der Waals surface area (Å²) in [5.41, 5.74) is 3.68. The molecule has 5 nitrogen and oxygen atoms in total. The molecule has 1 aliphatic heterocycles. The fourth-order valence-corrected chi connectivity index (χ4v) is 6.41. The molecule has 0 radical (unpaired) electrons. The molecule has 0 unspecified atom stereocenters. The van der Waals surface area contributed by atoms with Gasteiger partial charge in [0.1, 0.15) is 0 Å². The molecular weight excluding hydrogens is 433 g/mol. The van der Waals surface area contributed by atoms with Gasteiger partial charge < -0.3 is 4.57 Å². The van der Waals surface area contributed by atoms with Crippen molar-refractivity contribution < 1.29 is 9.59 Å². The SMILES string of the molecule is Cc1cc(/C=N\N2C(=O)[C@@H]3[C@H]4C=C[C@@H]([C@@H]5C[C@@H]45)[C@@H]3C2=O)c(C)n1-c1ccc(Cl)c(Cl)c1. The Bertz CT molecular complexity index is 1180. The van der Waals surface area contributed by atoms with Gasteiger partial charge in [0.15, 0.2) is 0 Å². The number of carbonyl (C=O) groups is 2. The molecule has 1 saturated heterocycles. The Morgan fingerprint density at radius 2 is 1.61 bits per heavy atom. The van der Waals surface area contributed by atoms with Crippen molar-refractivity contribution in [3.8, 4) is 5.69 Å². The molecule has 0 spiro atoms. The van der Waals surface area contributed by atoms with Gasteiger partial charge in [0.05, 0.1) is 28.1 Å². The van der Waals surface area contributed by atoms with Crippen LogP contribution >= 0.6 is 23.2 Å². The first-order valence-electron chi connectivity index (χ1n) is 10.6. The molecule has 31 heavy (non-hydrogen) atoms. The summed E-state index contributed by atoms with van der Waals surface area (Å²) in [5.74, 6) is 0.833. The highest BCUT2D eigenvalue weighted by molar-refractivity contribution is 6.42. The van der Waals surface area contributed by atoms with E-state index in [1.165, 1.54) is 0 Å². The van der Waals surface area contributed by atoms with Crippen molar-refractivity contribution in [2.24, 2.45) is 40.6 Å². The number of nitrogens with zero attached hydrogens (tertiary/aromatic N) is 3. The quantitative estimate of drug-likeness (QED) is 0.381. The van der Waals surface area contributed by atoms with Gasteiger partial charge in [-0.15, -0.1) is 0 Å². The molecule has 1 aromatic carbocycles. The fraction of sp³-hybridized carbons (Fsp3) is 0.375. The molecule has 7 heteroatoms. The summed E-state index contributed by atoms with van der Waals surface area (Å²) in [6.45, 7) is 3.96. The Balaban J connectivity index is 1.30. The first-order chi connectivity index (χ1) is 14.9. The zero-order chi connectivity index (χ0) is 21.6. The molecule has 5 aliphatic rings. The number of imide groups is 1. The molecule has 6 atom stereocenters. The lowest BCUT2D eigenvalue weighted by molar-refractivity contribution is -0.140. The number of allylic oxidation sites excluding steroid dienone is 2. The average Bonchev–Trinajstić information content (AvgIpc) is 3.47. The van der Waals surface area contributed by atoms with Crippen LogP contribution < -0.4 is 0 Å². The first kappa shape index (κ1) is 19.3. The van der Waals surface area contributed by atoms with Gasteiger partial charge in [0.2, 0.25) is 0 Å². The van der Waals surface area contributed by atoms with Gasteiger partial charge in [-0.3, -0.25) is 9.59 Å². The Labute approximate surface area is 190 Å². The summed E-state index contributed by atoms with van der Waals surface area (Å²) in [6, 6.07) is 7.47. The van der Waals surface area contributed by atoms with Crippen molar-refractivity contribution in [3.63, 3.8) is 0 Å². The molecular formula is C24H21Cl2N3O2. The van der Waals surface area contributed by atoms with Crippen LogP contribution in [0.3, 0.4) is 0 Å². The van der Waals surface area contributed by atoms with Crippen LogP contribution in [-0.2, 0) is 9.59 Å². The van der Waals surface area contributed by atoms with E-state index in [0.29, 0.717) is 21.9 Å². The highest BCUT2D eigenvalue weighted by Crippen LogP contribution is 2.65. The number of rotatable bonds is 3. The molecule has 4 aliphatic carbocycles.